The number of nitrogens with two attached hydrogens (primary N) is 1. The summed E-state index contributed by atoms with van der Waals surface area (Å²) in [6.45, 7) is -1.05. The molecule has 300 valence electrons. The zero-order valence-corrected chi connectivity index (χ0v) is 32.5. The number of aliphatic hydroxyl groups excluding tert-OH is 1. The van der Waals surface area contributed by atoms with Crippen LogP contribution in [0.1, 0.15) is 0 Å². The van der Waals surface area contributed by atoms with Gasteiger partial charge in [0.2, 0.25) is 11.9 Å². The Morgan fingerprint density at radius 2 is 1.48 bits per heavy atom. The first kappa shape index (κ1) is 44.0. The third-order valence-corrected chi connectivity index (χ3v) is 11.0. The number of aliphatic hydroxyl groups is 1. The summed E-state index contributed by atoms with van der Waals surface area (Å²) in [6.07, 6.45) is 1.89. The highest BCUT2D eigenvalue weighted by molar-refractivity contribution is 8.04. The first-order chi connectivity index (χ1) is 26.2. The van der Waals surface area contributed by atoms with Gasteiger partial charge in [-0.05, 0) is 76.8 Å². The summed E-state index contributed by atoms with van der Waals surface area (Å²) in [5.41, 5.74) is 5.95. The second kappa shape index (κ2) is 19.0. The van der Waals surface area contributed by atoms with Gasteiger partial charge in [0.15, 0.2) is 21.1 Å². The number of benzene rings is 3. The number of sulfone groups is 1. The molecule has 0 unspecified atom stereocenters. The third kappa shape index (κ3) is 14.4. The number of anilines is 5. The van der Waals surface area contributed by atoms with Crippen LogP contribution in [0.2, 0.25) is 0 Å². The molecule has 0 fully saturated rings. The Balaban J connectivity index is 1.60. The first-order valence-electron chi connectivity index (χ1n) is 14.6. The lowest BCUT2D eigenvalue weighted by molar-refractivity contribution is -0.135. The van der Waals surface area contributed by atoms with E-state index in [-0.39, 0.29) is 57.1 Å². The maximum atomic E-state index is 12.6. The number of rotatable bonds is 18. The normalized spacial score (nSPS) is 12.2. The molecule has 0 saturated carbocycles. The highest BCUT2D eigenvalue weighted by Gasteiger charge is 2.20. The van der Waals surface area contributed by atoms with Crippen LogP contribution in [0.15, 0.2) is 90.7 Å². The van der Waals surface area contributed by atoms with Crippen LogP contribution in [0.5, 0.6) is 0 Å². The van der Waals surface area contributed by atoms with Gasteiger partial charge in [0.1, 0.15) is 10.6 Å². The second-order valence-corrected chi connectivity index (χ2v) is 17.7. The number of thioether (sulfide) groups is 2. The van der Waals surface area contributed by atoms with Gasteiger partial charge in [-0.2, -0.15) is 45.3 Å². The molecule has 1 heterocycles. The average molecular weight is 895 g/mol. The summed E-state index contributed by atoms with van der Waals surface area (Å²) < 4.78 is 126. The lowest BCUT2D eigenvalue weighted by Crippen LogP contribution is -2.15. The molecule has 4 rings (SSSR count). The molecule has 3 aromatic carbocycles. The van der Waals surface area contributed by atoms with Crippen molar-refractivity contribution >= 4 is 105 Å². The van der Waals surface area contributed by atoms with Crippen LogP contribution in [-0.2, 0) is 54.2 Å². The van der Waals surface area contributed by atoms with Crippen molar-refractivity contribution in [2.45, 2.75) is 19.8 Å². The van der Waals surface area contributed by atoms with Crippen LogP contribution in [0, 0.1) is 11.4 Å². The van der Waals surface area contributed by atoms with Crippen molar-refractivity contribution in [1.82, 2.24) is 15.0 Å². The Morgan fingerprint density at radius 1 is 0.821 bits per heavy atom. The van der Waals surface area contributed by atoms with E-state index in [4.69, 9.17) is 14.8 Å². The molecule has 1 aromatic heterocycles. The van der Waals surface area contributed by atoms with Gasteiger partial charge < -0.3 is 21.5 Å². The van der Waals surface area contributed by atoms with Crippen LogP contribution in [0.25, 0.3) is 0 Å². The van der Waals surface area contributed by atoms with Crippen molar-refractivity contribution in [3.63, 3.8) is 0 Å². The molecule has 4 aromatic rings. The van der Waals surface area contributed by atoms with Crippen molar-refractivity contribution in [2.75, 3.05) is 41.1 Å². The van der Waals surface area contributed by atoms with Crippen molar-refractivity contribution in [2.24, 2.45) is 10.2 Å². The Morgan fingerprint density at radius 3 is 2.09 bits per heavy atom. The predicted octanol–water partition coefficient (Wildman–Crippen LogP) is 3.04. The van der Waals surface area contributed by atoms with E-state index in [9.17, 15) is 43.3 Å². The van der Waals surface area contributed by atoms with E-state index < -0.39 is 58.0 Å². The van der Waals surface area contributed by atoms with Gasteiger partial charge in [0.05, 0.1) is 40.9 Å². The number of nitrogen functional groups attached to an aromatic ring is 1. The fraction of sp³-hybridized carbons (Fsp3) is 0.148. The molecule has 0 bridgehead atoms. The number of hydrogen-bond acceptors (Lipinski definition) is 22. The van der Waals surface area contributed by atoms with Crippen molar-refractivity contribution in [3.05, 3.63) is 60.7 Å². The summed E-state index contributed by atoms with van der Waals surface area (Å²) in [5, 5.41) is 25.7. The minimum absolute atomic E-state index is 0.0102. The highest BCUT2D eigenvalue weighted by atomic mass is 32.3. The second-order valence-electron chi connectivity index (χ2n) is 10.1. The molecular formula is C27H26N8O15S6. The first-order valence-corrected chi connectivity index (χ1v) is 22.2. The third-order valence-electron chi connectivity index (χ3n) is 6.13. The van der Waals surface area contributed by atoms with Crippen molar-refractivity contribution in [3.8, 4) is 11.4 Å². The lowest BCUT2D eigenvalue weighted by atomic mass is 10.2. The Labute approximate surface area is 327 Å². The van der Waals surface area contributed by atoms with Crippen molar-refractivity contribution in [1.29, 1.82) is 0 Å². The molecule has 0 radical (unpaired) electrons. The molecule has 8 N–H and O–H groups in total. The predicted molar refractivity (Wildman–Crippen MR) is 199 cm³/mol. The minimum Gasteiger partial charge on any atom is -0.398 e. The fourth-order valence-corrected chi connectivity index (χ4v) is 7.14. The molecule has 0 aliphatic rings. The summed E-state index contributed by atoms with van der Waals surface area (Å²) in [6, 6.07) is 13.3. The van der Waals surface area contributed by atoms with E-state index in [1.54, 1.807) is 12.1 Å². The molecule has 56 heavy (non-hydrogen) atoms. The highest BCUT2D eigenvalue weighted by Crippen LogP contribution is 2.36. The zero-order valence-electron chi connectivity index (χ0n) is 27.6. The SMILES string of the molecule is Nc1cc(Nc2nc(Nc3ccc(S(=O)(=O)CCOS(=O)(=O)O)cc3)nc(SCCO)n2)c(N=Nc2ccc(SC#COOS(=O)(=O)O)cc2)cc1S(=O)(=O)O. The van der Waals surface area contributed by atoms with E-state index in [1.807, 2.05) is 6.11 Å². The van der Waals surface area contributed by atoms with Gasteiger partial charge in [-0.15, -0.1) is 5.11 Å². The number of nitrogens with zero attached hydrogens (tertiary/aromatic N) is 5. The van der Waals surface area contributed by atoms with Crippen LogP contribution < -0.4 is 16.4 Å². The van der Waals surface area contributed by atoms with E-state index in [1.165, 1.54) is 36.4 Å². The van der Waals surface area contributed by atoms with Gasteiger partial charge in [-0.25, -0.2) is 12.6 Å². The van der Waals surface area contributed by atoms with Gasteiger partial charge >= 0.3 is 20.8 Å². The van der Waals surface area contributed by atoms with Gasteiger partial charge in [0, 0.05) is 21.6 Å². The summed E-state index contributed by atoms with van der Waals surface area (Å²) >= 11 is 1.93. The van der Waals surface area contributed by atoms with Gasteiger partial charge in [-0.1, -0.05) is 11.8 Å². The molecule has 0 aliphatic carbocycles. The molecule has 0 aliphatic heterocycles. The molecule has 0 atom stereocenters. The van der Waals surface area contributed by atoms with E-state index in [2.05, 4.69) is 54.5 Å². The molecule has 29 heteroatoms. The number of azo groups is 1. The van der Waals surface area contributed by atoms with E-state index in [0.717, 1.165) is 35.7 Å². The molecule has 23 nitrogen and oxygen atoms in total. The smallest absolute Gasteiger partial charge is 0.398 e. The summed E-state index contributed by atoms with van der Waals surface area (Å²) in [5.74, 6) is -0.799. The maximum Gasteiger partial charge on any atom is 0.433 e. The molecule has 0 amide bonds. The van der Waals surface area contributed by atoms with Crippen molar-refractivity contribution < 1.29 is 65.8 Å². The van der Waals surface area contributed by atoms with E-state index >= 15 is 0 Å². The van der Waals surface area contributed by atoms with Gasteiger partial charge in [-0.3, -0.25) is 18.5 Å². The molecular weight excluding hydrogens is 869 g/mol. The average Bonchev–Trinajstić information content (AvgIpc) is 3.09. The Hall–Kier alpha value is -4.71. The van der Waals surface area contributed by atoms with Crippen LogP contribution in [0.3, 0.4) is 0 Å². The van der Waals surface area contributed by atoms with Crippen LogP contribution >= 0.6 is 23.5 Å². The number of nitrogens with one attached hydrogen (secondary N) is 2. The Bertz CT molecular complexity index is 2590. The summed E-state index contributed by atoms with van der Waals surface area (Å²) in [4.78, 5) is 16.5. The molecule has 0 saturated heterocycles. The maximum absolute atomic E-state index is 12.6. The fourth-order valence-electron chi connectivity index (χ4n) is 3.87. The lowest BCUT2D eigenvalue weighted by Gasteiger charge is -2.13. The topological polar surface area (TPSA) is 359 Å². The minimum atomic E-state index is -4.84. The number of hydrogen-bond donors (Lipinski definition) is 7. The van der Waals surface area contributed by atoms with Crippen LogP contribution in [0.4, 0.5) is 40.3 Å². The number of aromatic nitrogens is 3. The Kier molecular flexibility index (Phi) is 14.9. The summed E-state index contributed by atoms with van der Waals surface area (Å²) in [7, 11) is -18.5. The quantitative estimate of drug-likeness (QED) is 0.0143. The monoisotopic (exact) mass is 894 g/mol. The van der Waals surface area contributed by atoms with Gasteiger partial charge in [0.25, 0.3) is 10.1 Å². The largest absolute Gasteiger partial charge is 0.433 e. The standard InChI is InChI=1S/C27H26N8O15S6/c28-21-15-22(23(16-24(21)54(39,40)41)35-34-18-1-5-19(6-2-18)51-13-10-48-50-56(45,46)47)30-26-31-25(32-27(33-26)52-12-9-36)29-17-3-7-20(8-4-17)53(37,38)14-11-49-55(42,43)44/h1-8,15-16,36H,9,11-12,14,28H2,(H,39,40,41)(H,42,43,44)(H,45,46,47)(H2,29,30,31,32,33). The van der Waals surface area contributed by atoms with Crippen LogP contribution in [-0.4, -0.2) is 92.1 Å². The molecule has 0 spiro atoms. The zero-order chi connectivity index (χ0) is 41.1. The van der Waals surface area contributed by atoms with E-state index in [0.29, 0.717) is 10.6 Å².